The van der Waals surface area contributed by atoms with Gasteiger partial charge < -0.3 is 10.6 Å². The fraction of sp³-hybridized carbons (Fsp3) is 0.583. The van der Waals surface area contributed by atoms with E-state index in [1.54, 1.807) is 0 Å². The molecule has 92 valence electrons. The molecule has 1 saturated heterocycles. The van der Waals surface area contributed by atoms with Crippen LogP contribution in [0.5, 0.6) is 0 Å². The van der Waals surface area contributed by atoms with Crippen molar-refractivity contribution in [2.75, 3.05) is 18.0 Å². The molecule has 17 heavy (non-hydrogen) atoms. The van der Waals surface area contributed by atoms with Crippen molar-refractivity contribution in [1.82, 2.24) is 10.2 Å². The lowest BCUT2D eigenvalue weighted by Crippen LogP contribution is -2.39. The number of anilines is 1. The van der Waals surface area contributed by atoms with E-state index in [2.05, 4.69) is 15.1 Å². The first kappa shape index (κ1) is 11.8. The van der Waals surface area contributed by atoms with Gasteiger partial charge in [0.05, 0.1) is 5.69 Å². The number of amides is 1. The van der Waals surface area contributed by atoms with E-state index in [1.165, 1.54) is 0 Å². The molecule has 5 heteroatoms. The maximum absolute atomic E-state index is 11.1. The normalized spacial score (nSPS) is 17.2. The Hall–Kier alpha value is -1.65. The predicted octanol–water partition coefficient (Wildman–Crippen LogP) is 0.795. The third-order valence-electron chi connectivity index (χ3n) is 3.44. The van der Waals surface area contributed by atoms with Crippen LogP contribution in [-0.4, -0.2) is 29.2 Å². The fourth-order valence-electron chi connectivity index (χ4n) is 2.08. The highest BCUT2D eigenvalue weighted by Gasteiger charge is 2.24. The summed E-state index contributed by atoms with van der Waals surface area (Å²) in [6, 6.07) is 2.05. The first-order valence-corrected chi connectivity index (χ1v) is 5.93. The largest absolute Gasteiger partial charge is 0.369 e. The molecule has 0 aromatic carbocycles. The number of aromatic nitrogens is 2. The monoisotopic (exact) mass is 234 g/mol. The van der Waals surface area contributed by atoms with Crippen LogP contribution in [-0.2, 0) is 4.79 Å². The molecule has 0 aliphatic carbocycles. The molecule has 1 fully saturated rings. The Bertz CT molecular complexity index is 425. The molecule has 0 spiro atoms. The zero-order valence-electron chi connectivity index (χ0n) is 10.3. The molecule has 0 unspecified atom stereocenters. The van der Waals surface area contributed by atoms with Gasteiger partial charge in [-0.15, -0.1) is 5.10 Å². The summed E-state index contributed by atoms with van der Waals surface area (Å²) in [5.41, 5.74) is 7.41. The minimum Gasteiger partial charge on any atom is -0.369 e. The van der Waals surface area contributed by atoms with Gasteiger partial charge in [0, 0.05) is 19.0 Å². The number of carbonyl (C=O) groups excluding carboxylic acids is 1. The van der Waals surface area contributed by atoms with E-state index in [0.29, 0.717) is 0 Å². The standard InChI is InChI=1S/C12H18N4O/c1-8-7-11(15-14-9(8)2)16-5-3-10(4-6-16)12(13)17/h7,10H,3-6H2,1-2H3,(H2,13,17). The molecular formula is C12H18N4O. The average molecular weight is 234 g/mol. The molecule has 2 rings (SSSR count). The summed E-state index contributed by atoms with van der Waals surface area (Å²) in [7, 11) is 0. The minimum atomic E-state index is -0.184. The zero-order valence-corrected chi connectivity index (χ0v) is 10.3. The van der Waals surface area contributed by atoms with Gasteiger partial charge in [-0.3, -0.25) is 4.79 Å². The Morgan fingerprint density at radius 1 is 1.35 bits per heavy atom. The van der Waals surface area contributed by atoms with Crippen LogP contribution in [0.15, 0.2) is 6.07 Å². The van der Waals surface area contributed by atoms with Crippen LogP contribution in [0.3, 0.4) is 0 Å². The molecular weight excluding hydrogens is 216 g/mol. The van der Waals surface area contributed by atoms with Gasteiger partial charge in [0.25, 0.3) is 0 Å². The third-order valence-corrected chi connectivity index (χ3v) is 3.44. The second-order valence-corrected chi connectivity index (χ2v) is 4.63. The van der Waals surface area contributed by atoms with E-state index in [4.69, 9.17) is 5.73 Å². The highest BCUT2D eigenvalue weighted by Crippen LogP contribution is 2.22. The summed E-state index contributed by atoms with van der Waals surface area (Å²) in [5, 5.41) is 8.32. The van der Waals surface area contributed by atoms with E-state index >= 15 is 0 Å². The molecule has 1 aliphatic heterocycles. The molecule has 0 bridgehead atoms. The number of hydrogen-bond acceptors (Lipinski definition) is 4. The van der Waals surface area contributed by atoms with Gasteiger partial charge in [0.2, 0.25) is 5.91 Å². The van der Waals surface area contributed by atoms with Crippen LogP contribution in [0.25, 0.3) is 0 Å². The first-order chi connectivity index (χ1) is 8.08. The maximum Gasteiger partial charge on any atom is 0.220 e. The fourth-order valence-corrected chi connectivity index (χ4v) is 2.08. The van der Waals surface area contributed by atoms with Crippen LogP contribution >= 0.6 is 0 Å². The summed E-state index contributed by atoms with van der Waals surface area (Å²) >= 11 is 0. The number of piperidine rings is 1. The summed E-state index contributed by atoms with van der Waals surface area (Å²) in [6.45, 7) is 5.63. The van der Waals surface area contributed by atoms with Crippen molar-refractivity contribution in [1.29, 1.82) is 0 Å². The van der Waals surface area contributed by atoms with Crippen molar-refractivity contribution in [3.05, 3.63) is 17.3 Å². The highest BCUT2D eigenvalue weighted by atomic mass is 16.1. The molecule has 5 nitrogen and oxygen atoms in total. The van der Waals surface area contributed by atoms with E-state index in [-0.39, 0.29) is 11.8 Å². The van der Waals surface area contributed by atoms with Crippen LogP contribution < -0.4 is 10.6 Å². The Balaban J connectivity index is 2.05. The number of primary amides is 1. The Morgan fingerprint density at radius 3 is 2.53 bits per heavy atom. The van der Waals surface area contributed by atoms with Crippen molar-refractivity contribution in [2.45, 2.75) is 26.7 Å². The van der Waals surface area contributed by atoms with Gasteiger partial charge in [0.1, 0.15) is 0 Å². The lowest BCUT2D eigenvalue weighted by atomic mass is 9.96. The first-order valence-electron chi connectivity index (χ1n) is 5.93. The van der Waals surface area contributed by atoms with Crippen molar-refractivity contribution in [3.8, 4) is 0 Å². The summed E-state index contributed by atoms with van der Waals surface area (Å²) in [4.78, 5) is 13.2. The number of rotatable bonds is 2. The predicted molar refractivity (Wildman–Crippen MR) is 65.6 cm³/mol. The molecule has 1 aromatic rings. The average Bonchev–Trinajstić information content (AvgIpc) is 2.33. The highest BCUT2D eigenvalue weighted by molar-refractivity contribution is 5.76. The molecule has 0 saturated carbocycles. The molecule has 2 heterocycles. The quantitative estimate of drug-likeness (QED) is 0.821. The van der Waals surface area contributed by atoms with Crippen LogP contribution in [0.4, 0.5) is 5.82 Å². The Kier molecular flexibility index (Phi) is 3.26. The maximum atomic E-state index is 11.1. The summed E-state index contributed by atoms with van der Waals surface area (Å²) in [6.07, 6.45) is 1.62. The van der Waals surface area contributed by atoms with Gasteiger partial charge in [0.15, 0.2) is 5.82 Å². The summed E-state index contributed by atoms with van der Waals surface area (Å²) < 4.78 is 0. The SMILES string of the molecule is Cc1cc(N2CCC(C(N)=O)CC2)nnc1C. The van der Waals surface area contributed by atoms with Gasteiger partial charge >= 0.3 is 0 Å². The lowest BCUT2D eigenvalue weighted by molar-refractivity contribution is -0.122. The van der Waals surface area contributed by atoms with E-state index in [0.717, 1.165) is 43.0 Å². The molecule has 1 aliphatic rings. The summed E-state index contributed by atoms with van der Waals surface area (Å²) in [5.74, 6) is 0.734. The minimum absolute atomic E-state index is 0.0192. The second-order valence-electron chi connectivity index (χ2n) is 4.63. The Morgan fingerprint density at radius 2 is 2.00 bits per heavy atom. The number of nitrogens with zero attached hydrogens (tertiary/aromatic N) is 3. The van der Waals surface area contributed by atoms with Crippen LogP contribution in [0, 0.1) is 19.8 Å². The Labute approximate surface area is 101 Å². The molecule has 0 atom stereocenters. The lowest BCUT2D eigenvalue weighted by Gasteiger charge is -2.31. The molecule has 1 aromatic heterocycles. The van der Waals surface area contributed by atoms with E-state index < -0.39 is 0 Å². The van der Waals surface area contributed by atoms with Gasteiger partial charge in [-0.1, -0.05) is 0 Å². The number of carbonyl (C=O) groups is 1. The molecule has 1 amide bonds. The zero-order chi connectivity index (χ0) is 12.4. The molecule has 0 radical (unpaired) electrons. The van der Waals surface area contributed by atoms with Gasteiger partial charge in [-0.05, 0) is 38.3 Å². The van der Waals surface area contributed by atoms with Crippen molar-refractivity contribution in [2.24, 2.45) is 11.7 Å². The van der Waals surface area contributed by atoms with Crippen molar-refractivity contribution >= 4 is 11.7 Å². The van der Waals surface area contributed by atoms with Crippen molar-refractivity contribution < 1.29 is 4.79 Å². The number of nitrogens with two attached hydrogens (primary N) is 1. The second kappa shape index (κ2) is 4.69. The topological polar surface area (TPSA) is 72.1 Å². The van der Waals surface area contributed by atoms with E-state index in [9.17, 15) is 4.79 Å². The smallest absolute Gasteiger partial charge is 0.220 e. The van der Waals surface area contributed by atoms with Crippen LogP contribution in [0.2, 0.25) is 0 Å². The van der Waals surface area contributed by atoms with Crippen LogP contribution in [0.1, 0.15) is 24.1 Å². The van der Waals surface area contributed by atoms with Gasteiger partial charge in [-0.25, -0.2) is 0 Å². The van der Waals surface area contributed by atoms with Crippen molar-refractivity contribution in [3.63, 3.8) is 0 Å². The number of aryl methyl sites for hydroxylation is 2. The molecule has 2 N–H and O–H groups in total. The van der Waals surface area contributed by atoms with E-state index in [1.807, 2.05) is 19.9 Å². The number of hydrogen-bond donors (Lipinski definition) is 1. The van der Waals surface area contributed by atoms with Gasteiger partial charge in [-0.2, -0.15) is 5.10 Å². The third kappa shape index (κ3) is 2.54.